The second-order valence-corrected chi connectivity index (χ2v) is 7.13. The van der Waals surface area contributed by atoms with Crippen LogP contribution in [0.25, 0.3) is 0 Å². The van der Waals surface area contributed by atoms with E-state index in [0.29, 0.717) is 19.5 Å². The van der Waals surface area contributed by atoms with E-state index in [1.165, 1.54) is 22.5 Å². The Labute approximate surface area is 121 Å². The normalized spacial score (nSPS) is 20.9. The van der Waals surface area contributed by atoms with Crippen molar-refractivity contribution < 1.29 is 21.6 Å². The van der Waals surface area contributed by atoms with Crippen LogP contribution in [-0.4, -0.2) is 32.4 Å². The van der Waals surface area contributed by atoms with Crippen LogP contribution in [0.5, 0.6) is 0 Å². The van der Waals surface area contributed by atoms with Crippen LogP contribution in [-0.2, 0) is 22.0 Å². The van der Waals surface area contributed by atoms with Gasteiger partial charge in [0.25, 0.3) is 0 Å². The summed E-state index contributed by atoms with van der Waals surface area (Å²) in [6.45, 7) is 0.983. The Kier molecular flexibility index (Phi) is 4.60. The Morgan fingerprint density at radius 2 is 1.95 bits per heavy atom. The third-order valence-electron chi connectivity index (χ3n) is 3.64. The molecule has 0 aromatic heterocycles. The number of alkyl halides is 3. The van der Waals surface area contributed by atoms with E-state index in [4.69, 9.17) is 5.73 Å². The predicted octanol–water partition coefficient (Wildman–Crippen LogP) is 1.82. The van der Waals surface area contributed by atoms with Crippen LogP contribution in [0.3, 0.4) is 0 Å². The Bertz CT molecular complexity index is 602. The van der Waals surface area contributed by atoms with Crippen LogP contribution in [0, 0.1) is 5.92 Å². The fourth-order valence-electron chi connectivity index (χ4n) is 2.45. The molecule has 8 heteroatoms. The molecular weight excluding hydrogens is 305 g/mol. The first kappa shape index (κ1) is 16.3. The van der Waals surface area contributed by atoms with E-state index in [1.807, 2.05) is 0 Å². The van der Waals surface area contributed by atoms with Gasteiger partial charge in [0, 0.05) is 13.1 Å². The van der Waals surface area contributed by atoms with Gasteiger partial charge in [0.2, 0.25) is 10.0 Å². The summed E-state index contributed by atoms with van der Waals surface area (Å²) in [6.07, 6.45) is -3.91. The average molecular weight is 322 g/mol. The number of hydrogen-bond acceptors (Lipinski definition) is 3. The fourth-order valence-corrected chi connectivity index (χ4v) is 4.10. The second-order valence-electron chi connectivity index (χ2n) is 5.16. The van der Waals surface area contributed by atoms with Gasteiger partial charge in [0.15, 0.2) is 0 Å². The number of nitrogens with zero attached hydrogens (tertiary/aromatic N) is 1. The zero-order chi connectivity index (χ0) is 15.7. The SMILES string of the molecule is NCC1CCN(S(=O)(=O)Cc2ccccc2C(F)(F)F)C1. The highest BCUT2D eigenvalue weighted by Gasteiger charge is 2.36. The molecule has 1 aliphatic heterocycles. The van der Waals surface area contributed by atoms with Crippen molar-refractivity contribution in [2.24, 2.45) is 11.7 Å². The van der Waals surface area contributed by atoms with E-state index in [1.54, 1.807) is 0 Å². The van der Waals surface area contributed by atoms with Gasteiger partial charge in [0.1, 0.15) is 0 Å². The molecule has 0 spiro atoms. The Morgan fingerprint density at radius 1 is 1.29 bits per heavy atom. The molecule has 2 rings (SSSR count). The van der Waals surface area contributed by atoms with Crippen LogP contribution >= 0.6 is 0 Å². The molecule has 1 unspecified atom stereocenters. The molecule has 1 saturated heterocycles. The highest BCUT2D eigenvalue weighted by molar-refractivity contribution is 7.88. The minimum absolute atomic E-state index is 0.0811. The molecule has 1 fully saturated rings. The number of nitrogens with two attached hydrogens (primary N) is 1. The van der Waals surface area contributed by atoms with Crippen molar-refractivity contribution in [2.75, 3.05) is 19.6 Å². The van der Waals surface area contributed by atoms with Crippen molar-refractivity contribution >= 4 is 10.0 Å². The van der Waals surface area contributed by atoms with Gasteiger partial charge < -0.3 is 5.73 Å². The average Bonchev–Trinajstić information content (AvgIpc) is 2.87. The monoisotopic (exact) mass is 322 g/mol. The first-order valence-corrected chi connectivity index (χ1v) is 8.18. The van der Waals surface area contributed by atoms with Gasteiger partial charge in [-0.15, -0.1) is 0 Å². The van der Waals surface area contributed by atoms with Gasteiger partial charge in [-0.1, -0.05) is 18.2 Å². The maximum atomic E-state index is 12.9. The van der Waals surface area contributed by atoms with Crippen molar-refractivity contribution in [1.82, 2.24) is 4.31 Å². The van der Waals surface area contributed by atoms with Crippen molar-refractivity contribution in [3.8, 4) is 0 Å². The molecule has 2 N–H and O–H groups in total. The van der Waals surface area contributed by atoms with Crippen LogP contribution in [0.1, 0.15) is 17.5 Å². The topological polar surface area (TPSA) is 63.4 Å². The molecule has 1 atom stereocenters. The maximum absolute atomic E-state index is 12.9. The molecule has 1 heterocycles. The second kappa shape index (κ2) is 5.94. The van der Waals surface area contributed by atoms with E-state index in [0.717, 1.165) is 6.07 Å². The minimum atomic E-state index is -4.56. The molecule has 21 heavy (non-hydrogen) atoms. The summed E-state index contributed by atoms with van der Waals surface area (Å²) in [5.41, 5.74) is 4.38. The lowest BCUT2D eigenvalue weighted by atomic mass is 10.1. The van der Waals surface area contributed by atoms with Gasteiger partial charge in [-0.2, -0.15) is 13.2 Å². The zero-order valence-corrected chi connectivity index (χ0v) is 12.1. The third kappa shape index (κ3) is 3.75. The zero-order valence-electron chi connectivity index (χ0n) is 11.3. The van der Waals surface area contributed by atoms with Crippen LogP contribution in [0.15, 0.2) is 24.3 Å². The van der Waals surface area contributed by atoms with Crippen LogP contribution in [0.2, 0.25) is 0 Å². The van der Waals surface area contributed by atoms with Crippen molar-refractivity contribution in [2.45, 2.75) is 18.3 Å². The summed E-state index contributed by atoms with van der Waals surface area (Å²) < 4.78 is 64.4. The third-order valence-corrected chi connectivity index (χ3v) is 5.43. The molecule has 1 aliphatic rings. The van der Waals surface area contributed by atoms with Gasteiger partial charge >= 0.3 is 6.18 Å². The molecule has 118 valence electrons. The fraction of sp³-hybridized carbons (Fsp3) is 0.538. The molecule has 0 amide bonds. The van der Waals surface area contributed by atoms with Crippen LogP contribution in [0.4, 0.5) is 13.2 Å². The molecule has 0 radical (unpaired) electrons. The summed E-state index contributed by atoms with van der Waals surface area (Å²) in [5.74, 6) is -0.558. The molecule has 0 aliphatic carbocycles. The molecule has 1 aromatic rings. The first-order chi connectivity index (χ1) is 9.74. The highest BCUT2D eigenvalue weighted by Crippen LogP contribution is 2.33. The molecule has 4 nitrogen and oxygen atoms in total. The Morgan fingerprint density at radius 3 is 2.52 bits per heavy atom. The predicted molar refractivity (Wildman–Crippen MR) is 72.8 cm³/mol. The summed E-state index contributed by atoms with van der Waals surface area (Å²) in [4.78, 5) is 0. The lowest BCUT2D eigenvalue weighted by Crippen LogP contribution is -2.31. The summed E-state index contributed by atoms with van der Waals surface area (Å²) in [7, 11) is -3.76. The summed E-state index contributed by atoms with van der Waals surface area (Å²) >= 11 is 0. The number of benzene rings is 1. The van der Waals surface area contributed by atoms with Gasteiger partial charge in [0.05, 0.1) is 11.3 Å². The maximum Gasteiger partial charge on any atom is 0.416 e. The number of hydrogen-bond donors (Lipinski definition) is 1. The van der Waals surface area contributed by atoms with Crippen molar-refractivity contribution in [3.05, 3.63) is 35.4 Å². The van der Waals surface area contributed by atoms with Crippen molar-refractivity contribution in [3.63, 3.8) is 0 Å². The quantitative estimate of drug-likeness (QED) is 0.919. The Balaban J connectivity index is 2.22. The summed E-state index contributed by atoms with van der Waals surface area (Å²) in [6, 6.07) is 4.76. The van der Waals surface area contributed by atoms with E-state index in [2.05, 4.69) is 0 Å². The number of halogens is 3. The number of rotatable bonds is 4. The highest BCUT2D eigenvalue weighted by atomic mass is 32.2. The first-order valence-electron chi connectivity index (χ1n) is 6.57. The molecule has 1 aromatic carbocycles. The number of sulfonamides is 1. The van der Waals surface area contributed by atoms with E-state index >= 15 is 0 Å². The van der Waals surface area contributed by atoms with Gasteiger partial charge in [-0.3, -0.25) is 0 Å². The van der Waals surface area contributed by atoms with Gasteiger partial charge in [-0.25, -0.2) is 12.7 Å². The lowest BCUT2D eigenvalue weighted by Gasteiger charge is -2.18. The molecular formula is C13H17F3N2O2S. The largest absolute Gasteiger partial charge is 0.416 e. The van der Waals surface area contributed by atoms with E-state index < -0.39 is 27.5 Å². The molecule has 0 bridgehead atoms. The van der Waals surface area contributed by atoms with Gasteiger partial charge in [-0.05, 0) is 30.5 Å². The van der Waals surface area contributed by atoms with Crippen molar-refractivity contribution in [1.29, 1.82) is 0 Å². The Hall–Kier alpha value is -1.12. The van der Waals surface area contributed by atoms with E-state index in [-0.39, 0.29) is 18.0 Å². The van der Waals surface area contributed by atoms with Crippen LogP contribution < -0.4 is 5.73 Å². The molecule has 0 saturated carbocycles. The lowest BCUT2D eigenvalue weighted by molar-refractivity contribution is -0.138. The van der Waals surface area contributed by atoms with E-state index in [9.17, 15) is 21.6 Å². The smallest absolute Gasteiger partial charge is 0.330 e. The summed E-state index contributed by atoms with van der Waals surface area (Å²) in [5, 5.41) is 0. The minimum Gasteiger partial charge on any atom is -0.330 e. The standard InChI is InChI=1S/C13H17F3N2O2S/c14-13(15,16)12-4-2-1-3-11(12)9-21(19,20)18-6-5-10(7-17)8-18/h1-4,10H,5-9,17H2.